The number of rotatable bonds is 1. The van der Waals surface area contributed by atoms with Gasteiger partial charge in [0, 0.05) is 38.1 Å². The van der Waals surface area contributed by atoms with Gasteiger partial charge in [0.05, 0.1) is 5.39 Å². The Kier molecular flexibility index (Phi) is 2.83. The van der Waals surface area contributed by atoms with Gasteiger partial charge in [-0.2, -0.15) is 0 Å². The maximum atomic E-state index is 12.3. The van der Waals surface area contributed by atoms with Crippen LogP contribution in [0.1, 0.15) is 4.88 Å². The van der Waals surface area contributed by atoms with E-state index in [9.17, 15) is 4.79 Å². The van der Waals surface area contributed by atoms with Gasteiger partial charge in [-0.3, -0.25) is 9.36 Å². The van der Waals surface area contributed by atoms with E-state index in [1.54, 1.807) is 23.0 Å². The Labute approximate surface area is 109 Å². The Hall–Kier alpha value is -1.40. The summed E-state index contributed by atoms with van der Waals surface area (Å²) in [6, 6.07) is 1.93. The highest BCUT2D eigenvalue weighted by Gasteiger charge is 2.17. The molecule has 0 bridgehead atoms. The molecular formula is C12H16N4OS. The normalized spacial score (nSPS) is 16.4. The Balaban J connectivity index is 2.16. The zero-order valence-electron chi connectivity index (χ0n) is 10.6. The number of hydrogen-bond acceptors (Lipinski definition) is 5. The molecule has 96 valence electrons. The van der Waals surface area contributed by atoms with Crippen LogP contribution in [0.4, 0.5) is 5.95 Å². The van der Waals surface area contributed by atoms with Gasteiger partial charge in [-0.25, -0.2) is 4.98 Å². The second-order valence-electron chi connectivity index (χ2n) is 4.59. The Morgan fingerprint density at radius 1 is 1.39 bits per heavy atom. The number of aryl methyl sites for hydroxylation is 1. The van der Waals surface area contributed by atoms with Crippen LogP contribution in [0.2, 0.25) is 0 Å². The lowest BCUT2D eigenvalue weighted by atomic mass is 10.3. The lowest BCUT2D eigenvalue weighted by molar-refractivity contribution is 0.570. The van der Waals surface area contributed by atoms with Crippen molar-refractivity contribution in [1.29, 1.82) is 0 Å². The summed E-state index contributed by atoms with van der Waals surface area (Å²) < 4.78 is 1.67. The van der Waals surface area contributed by atoms with Crippen LogP contribution >= 0.6 is 11.3 Å². The number of thiophene rings is 1. The van der Waals surface area contributed by atoms with Crippen molar-refractivity contribution in [3.8, 4) is 0 Å². The molecule has 1 saturated heterocycles. The van der Waals surface area contributed by atoms with Crippen LogP contribution in [0, 0.1) is 6.92 Å². The quantitative estimate of drug-likeness (QED) is 0.824. The monoisotopic (exact) mass is 264 g/mol. The van der Waals surface area contributed by atoms with Gasteiger partial charge in [0.15, 0.2) is 0 Å². The Morgan fingerprint density at radius 2 is 2.11 bits per heavy atom. The smallest absolute Gasteiger partial charge is 0.263 e. The molecule has 3 heterocycles. The van der Waals surface area contributed by atoms with Crippen LogP contribution in [-0.2, 0) is 7.05 Å². The van der Waals surface area contributed by atoms with E-state index in [2.05, 4.69) is 15.2 Å². The van der Waals surface area contributed by atoms with Gasteiger partial charge in [0.1, 0.15) is 4.83 Å². The van der Waals surface area contributed by atoms with E-state index in [-0.39, 0.29) is 5.56 Å². The summed E-state index contributed by atoms with van der Waals surface area (Å²) in [5.74, 6) is 0.788. The summed E-state index contributed by atoms with van der Waals surface area (Å²) in [5, 5.41) is 4.04. The third-order valence-corrected chi connectivity index (χ3v) is 4.22. The first-order valence-corrected chi connectivity index (χ1v) is 6.91. The van der Waals surface area contributed by atoms with Gasteiger partial charge < -0.3 is 10.2 Å². The second kappa shape index (κ2) is 4.37. The topological polar surface area (TPSA) is 50.2 Å². The fourth-order valence-corrected chi connectivity index (χ4v) is 3.19. The number of aromatic nitrogens is 2. The highest BCUT2D eigenvalue weighted by molar-refractivity contribution is 7.18. The molecule has 0 radical (unpaired) electrons. The zero-order chi connectivity index (χ0) is 12.7. The number of piperazine rings is 1. The minimum atomic E-state index is 0.0536. The van der Waals surface area contributed by atoms with Crippen LogP contribution in [0.15, 0.2) is 10.9 Å². The van der Waals surface area contributed by atoms with E-state index < -0.39 is 0 Å². The van der Waals surface area contributed by atoms with Crippen molar-refractivity contribution in [2.45, 2.75) is 6.92 Å². The van der Waals surface area contributed by atoms with Crippen LogP contribution in [0.25, 0.3) is 10.2 Å². The van der Waals surface area contributed by atoms with Crippen molar-refractivity contribution in [3.05, 3.63) is 21.3 Å². The highest BCUT2D eigenvalue weighted by atomic mass is 32.1. The number of nitrogens with zero attached hydrogens (tertiary/aromatic N) is 3. The number of fused-ring (bicyclic) bond motifs is 1. The van der Waals surface area contributed by atoms with Crippen molar-refractivity contribution in [1.82, 2.24) is 14.9 Å². The number of nitrogens with one attached hydrogen (secondary N) is 1. The SMILES string of the molecule is Cc1cc2c(=O)n(C)c(N3CCNCC3)nc2s1. The maximum absolute atomic E-state index is 12.3. The average molecular weight is 264 g/mol. The van der Waals surface area contributed by atoms with E-state index in [4.69, 9.17) is 0 Å². The Bertz CT molecular complexity index is 639. The summed E-state index contributed by atoms with van der Waals surface area (Å²) in [6.45, 7) is 5.69. The molecule has 5 nitrogen and oxygen atoms in total. The minimum Gasteiger partial charge on any atom is -0.340 e. The summed E-state index contributed by atoms with van der Waals surface area (Å²) in [5.41, 5.74) is 0.0536. The maximum Gasteiger partial charge on any atom is 0.263 e. The second-order valence-corrected chi connectivity index (χ2v) is 5.82. The van der Waals surface area contributed by atoms with Crippen LogP contribution in [-0.4, -0.2) is 35.7 Å². The third kappa shape index (κ3) is 1.81. The predicted molar refractivity (Wildman–Crippen MR) is 74.7 cm³/mol. The molecule has 1 aliphatic heterocycles. The minimum absolute atomic E-state index is 0.0536. The van der Waals surface area contributed by atoms with Gasteiger partial charge in [0.25, 0.3) is 5.56 Å². The van der Waals surface area contributed by atoms with Gasteiger partial charge in [0.2, 0.25) is 5.95 Å². The van der Waals surface area contributed by atoms with Crippen molar-refractivity contribution in [2.24, 2.45) is 7.05 Å². The van der Waals surface area contributed by atoms with Crippen LogP contribution < -0.4 is 15.8 Å². The summed E-state index contributed by atoms with van der Waals surface area (Å²) in [7, 11) is 1.80. The van der Waals surface area contributed by atoms with E-state index in [0.29, 0.717) is 0 Å². The molecular weight excluding hydrogens is 248 g/mol. The molecule has 2 aromatic heterocycles. The number of hydrogen-bond donors (Lipinski definition) is 1. The van der Waals surface area contributed by atoms with Crippen molar-refractivity contribution in [3.63, 3.8) is 0 Å². The molecule has 0 unspecified atom stereocenters. The molecule has 0 spiro atoms. The van der Waals surface area contributed by atoms with Crippen molar-refractivity contribution >= 4 is 27.5 Å². The fourth-order valence-electron chi connectivity index (χ4n) is 2.32. The molecule has 0 aromatic carbocycles. The fraction of sp³-hybridized carbons (Fsp3) is 0.500. The first-order valence-electron chi connectivity index (χ1n) is 6.09. The molecule has 0 amide bonds. The average Bonchev–Trinajstić information content (AvgIpc) is 2.76. The van der Waals surface area contributed by atoms with E-state index in [1.165, 1.54) is 0 Å². The van der Waals surface area contributed by atoms with E-state index >= 15 is 0 Å². The molecule has 1 aliphatic rings. The standard InChI is InChI=1S/C12H16N4OS/c1-8-7-9-10(18-8)14-12(15(2)11(9)17)16-5-3-13-4-6-16/h7,13H,3-6H2,1-2H3. The zero-order valence-corrected chi connectivity index (χ0v) is 11.4. The van der Waals surface area contributed by atoms with Gasteiger partial charge >= 0.3 is 0 Å². The highest BCUT2D eigenvalue weighted by Crippen LogP contribution is 2.22. The first kappa shape index (κ1) is 11.7. The van der Waals surface area contributed by atoms with Crippen molar-refractivity contribution in [2.75, 3.05) is 31.1 Å². The number of anilines is 1. The van der Waals surface area contributed by atoms with Gasteiger partial charge in [-0.1, -0.05) is 0 Å². The molecule has 0 aliphatic carbocycles. The Morgan fingerprint density at radius 3 is 2.83 bits per heavy atom. The molecule has 0 saturated carbocycles. The first-order chi connectivity index (χ1) is 8.66. The van der Waals surface area contributed by atoms with E-state index in [0.717, 1.165) is 47.2 Å². The van der Waals surface area contributed by atoms with Gasteiger partial charge in [-0.15, -0.1) is 11.3 Å². The third-order valence-electron chi connectivity index (χ3n) is 3.27. The summed E-state index contributed by atoms with van der Waals surface area (Å²) >= 11 is 1.59. The molecule has 18 heavy (non-hydrogen) atoms. The molecule has 3 rings (SSSR count). The molecule has 1 N–H and O–H groups in total. The van der Waals surface area contributed by atoms with Crippen LogP contribution in [0.5, 0.6) is 0 Å². The lowest BCUT2D eigenvalue weighted by Crippen LogP contribution is -2.45. The largest absolute Gasteiger partial charge is 0.340 e. The lowest BCUT2D eigenvalue weighted by Gasteiger charge is -2.29. The van der Waals surface area contributed by atoms with Crippen molar-refractivity contribution < 1.29 is 0 Å². The molecule has 1 fully saturated rings. The molecule has 6 heteroatoms. The molecule has 0 atom stereocenters. The van der Waals surface area contributed by atoms with E-state index in [1.807, 2.05) is 13.0 Å². The summed E-state index contributed by atoms with van der Waals surface area (Å²) in [6.07, 6.45) is 0. The van der Waals surface area contributed by atoms with Gasteiger partial charge in [-0.05, 0) is 13.0 Å². The molecule has 2 aromatic rings. The summed E-state index contributed by atoms with van der Waals surface area (Å²) in [4.78, 5) is 21.1. The van der Waals surface area contributed by atoms with Crippen LogP contribution in [0.3, 0.4) is 0 Å². The predicted octanol–water partition coefficient (Wildman–Crippen LogP) is 0.713.